The third kappa shape index (κ3) is 1.38. The Bertz CT molecular complexity index is 567. The molecule has 3 unspecified atom stereocenters. The lowest BCUT2D eigenvalue weighted by molar-refractivity contribution is 0.570. The highest BCUT2D eigenvalue weighted by Crippen LogP contribution is 2.80. The van der Waals surface area contributed by atoms with Crippen molar-refractivity contribution in [2.75, 3.05) is 0 Å². The zero-order valence-electron chi connectivity index (χ0n) is 10.8. The van der Waals surface area contributed by atoms with Crippen molar-refractivity contribution < 1.29 is 0 Å². The molecule has 0 saturated heterocycles. The van der Waals surface area contributed by atoms with Gasteiger partial charge in [-0.05, 0) is 42.7 Å². The summed E-state index contributed by atoms with van der Waals surface area (Å²) in [6, 6.07) is 20.2. The van der Waals surface area contributed by atoms with Crippen molar-refractivity contribution in [3.8, 4) is 0 Å². The Morgan fingerprint density at radius 1 is 1.00 bits per heavy atom. The van der Waals surface area contributed by atoms with Crippen LogP contribution in [-0.4, -0.2) is 0 Å². The molecule has 0 heteroatoms. The van der Waals surface area contributed by atoms with Gasteiger partial charge in [-0.15, -0.1) is 0 Å². The highest BCUT2D eigenvalue weighted by atomic mass is 14.8. The van der Waals surface area contributed by atoms with Crippen molar-refractivity contribution in [3.63, 3.8) is 0 Å². The van der Waals surface area contributed by atoms with Crippen LogP contribution in [0.3, 0.4) is 0 Å². The van der Waals surface area contributed by atoms with Crippen LogP contribution in [-0.2, 0) is 11.8 Å². The standard InChI is InChI=1S/C18H18/c1-13-7-9-15(10-8-13)18-12-17(18)16(18)11-14-5-3-2-4-6-14/h2-10,16-17H,11-12H2,1H3. The molecule has 0 amide bonds. The monoisotopic (exact) mass is 234 g/mol. The molecule has 0 bridgehead atoms. The minimum absolute atomic E-state index is 0.573. The van der Waals surface area contributed by atoms with E-state index in [1.54, 1.807) is 5.56 Å². The second kappa shape index (κ2) is 3.47. The summed E-state index contributed by atoms with van der Waals surface area (Å²) in [6.45, 7) is 2.17. The van der Waals surface area contributed by atoms with Gasteiger partial charge < -0.3 is 0 Å². The van der Waals surface area contributed by atoms with Crippen LogP contribution in [0.15, 0.2) is 54.6 Å². The van der Waals surface area contributed by atoms with Gasteiger partial charge in [-0.3, -0.25) is 0 Å². The van der Waals surface area contributed by atoms with Gasteiger partial charge in [-0.1, -0.05) is 60.2 Å². The molecule has 0 N–H and O–H groups in total. The van der Waals surface area contributed by atoms with Crippen molar-refractivity contribution >= 4 is 0 Å². The van der Waals surface area contributed by atoms with E-state index in [1.807, 2.05) is 0 Å². The maximum Gasteiger partial charge on any atom is 0.00220 e. The Morgan fingerprint density at radius 3 is 2.39 bits per heavy atom. The molecule has 18 heavy (non-hydrogen) atoms. The lowest BCUT2D eigenvalue weighted by Gasteiger charge is -2.12. The summed E-state index contributed by atoms with van der Waals surface area (Å²) in [4.78, 5) is 0. The van der Waals surface area contributed by atoms with Crippen LogP contribution in [0.4, 0.5) is 0 Å². The Kier molecular flexibility index (Phi) is 2.00. The van der Waals surface area contributed by atoms with Crippen LogP contribution in [0.2, 0.25) is 0 Å². The minimum Gasteiger partial charge on any atom is -0.0622 e. The Balaban J connectivity index is 1.54. The number of hydrogen-bond donors (Lipinski definition) is 0. The molecule has 2 fully saturated rings. The van der Waals surface area contributed by atoms with Gasteiger partial charge in [0.05, 0.1) is 0 Å². The van der Waals surface area contributed by atoms with E-state index in [9.17, 15) is 0 Å². The normalized spacial score (nSPS) is 31.8. The summed E-state index contributed by atoms with van der Waals surface area (Å²) in [5, 5.41) is 0. The second-order valence-corrected chi connectivity index (χ2v) is 6.01. The first-order valence-electron chi connectivity index (χ1n) is 6.92. The first-order chi connectivity index (χ1) is 8.80. The smallest absolute Gasteiger partial charge is 0.00220 e. The van der Waals surface area contributed by atoms with E-state index in [-0.39, 0.29) is 0 Å². The van der Waals surface area contributed by atoms with Crippen LogP contribution in [0.5, 0.6) is 0 Å². The molecule has 0 spiro atoms. The maximum absolute atomic E-state index is 2.35. The molecule has 2 aliphatic rings. The Labute approximate surface area is 109 Å². The van der Waals surface area contributed by atoms with Crippen molar-refractivity contribution in [2.24, 2.45) is 11.8 Å². The summed E-state index contributed by atoms with van der Waals surface area (Å²) < 4.78 is 0. The van der Waals surface area contributed by atoms with Crippen molar-refractivity contribution in [2.45, 2.75) is 25.2 Å². The van der Waals surface area contributed by atoms with E-state index in [0.717, 1.165) is 11.8 Å². The molecular formula is C18H18. The lowest BCUT2D eigenvalue weighted by Crippen LogP contribution is -2.06. The zero-order valence-corrected chi connectivity index (χ0v) is 10.8. The van der Waals surface area contributed by atoms with Crippen molar-refractivity contribution in [1.82, 2.24) is 0 Å². The van der Waals surface area contributed by atoms with Gasteiger partial charge in [-0.2, -0.15) is 0 Å². The molecule has 2 aromatic rings. The van der Waals surface area contributed by atoms with E-state index in [4.69, 9.17) is 0 Å². The van der Waals surface area contributed by atoms with E-state index in [0.29, 0.717) is 5.41 Å². The van der Waals surface area contributed by atoms with Crippen LogP contribution in [0.1, 0.15) is 23.1 Å². The fourth-order valence-corrected chi connectivity index (χ4v) is 3.64. The number of fused-ring (bicyclic) bond motifs is 1. The molecule has 0 radical (unpaired) electrons. The number of rotatable bonds is 3. The highest BCUT2D eigenvalue weighted by molar-refractivity contribution is 5.48. The first kappa shape index (κ1) is 10.4. The van der Waals surface area contributed by atoms with E-state index >= 15 is 0 Å². The molecule has 0 nitrogen and oxygen atoms in total. The minimum atomic E-state index is 0.573. The Hall–Kier alpha value is -1.56. The van der Waals surface area contributed by atoms with E-state index < -0.39 is 0 Å². The molecule has 2 saturated carbocycles. The largest absolute Gasteiger partial charge is 0.0622 e. The maximum atomic E-state index is 2.35. The van der Waals surface area contributed by atoms with Crippen LogP contribution < -0.4 is 0 Å². The predicted molar refractivity (Wildman–Crippen MR) is 74.6 cm³/mol. The fourth-order valence-electron chi connectivity index (χ4n) is 3.64. The molecule has 4 rings (SSSR count). The third-order valence-corrected chi connectivity index (χ3v) is 4.98. The Morgan fingerprint density at radius 2 is 1.72 bits per heavy atom. The topological polar surface area (TPSA) is 0 Å². The predicted octanol–water partition coefficient (Wildman–Crippen LogP) is 4.13. The number of aryl methyl sites for hydroxylation is 1. The van der Waals surface area contributed by atoms with Crippen LogP contribution >= 0.6 is 0 Å². The molecule has 3 atom stereocenters. The number of hydrogen-bond acceptors (Lipinski definition) is 0. The number of benzene rings is 2. The molecule has 0 aliphatic heterocycles. The third-order valence-electron chi connectivity index (χ3n) is 4.98. The average Bonchev–Trinajstić information content (AvgIpc) is 3.27. The molecular weight excluding hydrogens is 216 g/mol. The summed E-state index contributed by atoms with van der Waals surface area (Å²) in [5.74, 6) is 1.88. The van der Waals surface area contributed by atoms with Gasteiger partial charge in [0.2, 0.25) is 0 Å². The SMILES string of the molecule is Cc1ccc(C23CC2C3Cc2ccccc2)cc1. The van der Waals surface area contributed by atoms with Crippen LogP contribution in [0.25, 0.3) is 0 Å². The molecule has 0 heterocycles. The first-order valence-corrected chi connectivity index (χ1v) is 6.92. The second-order valence-electron chi connectivity index (χ2n) is 6.01. The van der Waals surface area contributed by atoms with Gasteiger partial charge in [0.15, 0.2) is 0 Å². The molecule has 2 aromatic carbocycles. The molecule has 2 aliphatic carbocycles. The summed E-state index contributed by atoms with van der Waals surface area (Å²) in [7, 11) is 0. The zero-order chi connectivity index (χ0) is 12.2. The van der Waals surface area contributed by atoms with E-state index in [1.165, 1.54) is 24.0 Å². The van der Waals surface area contributed by atoms with Gasteiger partial charge >= 0.3 is 0 Å². The summed E-state index contributed by atoms with van der Waals surface area (Å²) in [5.41, 5.74) is 5.02. The van der Waals surface area contributed by atoms with Gasteiger partial charge in [0.25, 0.3) is 0 Å². The van der Waals surface area contributed by atoms with Gasteiger partial charge in [0, 0.05) is 5.41 Å². The van der Waals surface area contributed by atoms with E-state index in [2.05, 4.69) is 61.5 Å². The summed E-state index contributed by atoms with van der Waals surface area (Å²) in [6.07, 6.45) is 2.69. The lowest BCUT2D eigenvalue weighted by atomic mass is 9.92. The quantitative estimate of drug-likeness (QED) is 0.749. The highest BCUT2D eigenvalue weighted by Gasteiger charge is 2.78. The van der Waals surface area contributed by atoms with Gasteiger partial charge in [-0.25, -0.2) is 0 Å². The van der Waals surface area contributed by atoms with Crippen molar-refractivity contribution in [3.05, 3.63) is 71.3 Å². The molecule has 0 aromatic heterocycles. The average molecular weight is 234 g/mol. The van der Waals surface area contributed by atoms with Crippen LogP contribution in [0, 0.1) is 18.8 Å². The van der Waals surface area contributed by atoms with Gasteiger partial charge in [0.1, 0.15) is 0 Å². The van der Waals surface area contributed by atoms with Crippen molar-refractivity contribution in [1.29, 1.82) is 0 Å². The molecule has 90 valence electrons. The summed E-state index contributed by atoms with van der Waals surface area (Å²) >= 11 is 0. The fraction of sp³-hybridized carbons (Fsp3) is 0.333.